The number of azide groups is 1. The van der Waals surface area contributed by atoms with Crippen molar-refractivity contribution in [3.63, 3.8) is 0 Å². The zero-order valence-electron chi connectivity index (χ0n) is 17.2. The molecule has 0 unspecified atom stereocenters. The van der Waals surface area contributed by atoms with E-state index in [2.05, 4.69) is 30.3 Å². The van der Waals surface area contributed by atoms with Gasteiger partial charge in [-0.2, -0.15) is 4.98 Å². The number of ether oxygens (including phenoxy) is 1. The van der Waals surface area contributed by atoms with Gasteiger partial charge in [0.05, 0.1) is 18.1 Å². The maximum atomic E-state index is 12.3. The molecule has 1 aromatic carbocycles. The summed E-state index contributed by atoms with van der Waals surface area (Å²) in [6, 6.07) is 8.10. The van der Waals surface area contributed by atoms with Gasteiger partial charge < -0.3 is 10.1 Å². The van der Waals surface area contributed by atoms with Gasteiger partial charge in [-0.25, -0.2) is 14.8 Å². The molecule has 1 aliphatic rings. The number of cyclic esters (lactones) is 1. The Morgan fingerprint density at radius 3 is 2.84 bits per heavy atom. The molecule has 10 nitrogen and oxygen atoms in total. The lowest BCUT2D eigenvalue weighted by Crippen LogP contribution is -2.40. The van der Waals surface area contributed by atoms with Crippen molar-refractivity contribution in [2.24, 2.45) is 5.11 Å². The zero-order valence-corrected chi connectivity index (χ0v) is 18.8. The topological polar surface area (TPSA) is 129 Å². The number of carbonyl (C=O) groups excluding carboxylic acids is 1. The van der Waals surface area contributed by atoms with E-state index in [9.17, 15) is 4.79 Å². The lowest BCUT2D eigenvalue weighted by atomic mass is 10.1. The number of hydrogen-bond donors (Lipinski definition) is 1. The minimum atomic E-state index is -0.539. The summed E-state index contributed by atoms with van der Waals surface area (Å²) in [6.45, 7) is 3.83. The number of nitrogens with one attached hydrogen (secondary N) is 1. The molecule has 1 saturated heterocycles. The number of anilines is 2. The smallest absolute Gasteiger partial charge is 0.415 e. The Bertz CT molecular complexity index is 1160. The summed E-state index contributed by atoms with van der Waals surface area (Å²) in [5, 5.41) is 8.50. The van der Waals surface area contributed by atoms with Gasteiger partial charge in [-0.1, -0.05) is 35.8 Å². The highest BCUT2D eigenvalue weighted by molar-refractivity contribution is 7.15. The highest BCUT2D eigenvalue weighted by Crippen LogP contribution is 2.31. The van der Waals surface area contributed by atoms with Crippen LogP contribution in [0.1, 0.15) is 24.8 Å². The molecule has 12 heteroatoms. The fourth-order valence-corrected chi connectivity index (χ4v) is 4.29. The molecule has 0 aliphatic carbocycles. The summed E-state index contributed by atoms with van der Waals surface area (Å²) in [6.07, 6.45) is 2.83. The van der Waals surface area contributed by atoms with Crippen molar-refractivity contribution in [2.75, 3.05) is 16.8 Å². The van der Waals surface area contributed by atoms with Crippen LogP contribution in [0.4, 0.5) is 16.6 Å². The minimum absolute atomic E-state index is 0.118. The van der Waals surface area contributed by atoms with E-state index in [1.807, 2.05) is 37.4 Å². The Morgan fingerprint density at radius 2 is 2.09 bits per heavy atom. The maximum absolute atomic E-state index is 12.3. The highest BCUT2D eigenvalue weighted by atomic mass is 35.5. The van der Waals surface area contributed by atoms with Crippen LogP contribution in [0.2, 0.25) is 5.02 Å². The molecule has 1 N–H and O–H groups in total. The predicted octanol–water partition coefficient (Wildman–Crippen LogP) is 5.45. The van der Waals surface area contributed by atoms with Crippen molar-refractivity contribution >= 4 is 40.8 Å². The second kappa shape index (κ2) is 9.39. The first-order valence-electron chi connectivity index (χ1n) is 9.77. The Morgan fingerprint density at radius 1 is 1.31 bits per heavy atom. The van der Waals surface area contributed by atoms with Crippen LogP contribution < -0.4 is 10.2 Å². The van der Waals surface area contributed by atoms with Crippen LogP contribution in [0.25, 0.3) is 21.0 Å². The van der Waals surface area contributed by atoms with Gasteiger partial charge in [0.25, 0.3) is 0 Å². The minimum Gasteiger partial charge on any atom is -0.447 e. The number of hydrogen-bond acceptors (Lipinski definition) is 8. The quantitative estimate of drug-likeness (QED) is 0.277. The van der Waals surface area contributed by atoms with Gasteiger partial charge in [0, 0.05) is 32.8 Å². The third kappa shape index (κ3) is 4.59. The summed E-state index contributed by atoms with van der Waals surface area (Å²) < 4.78 is 5.15. The lowest BCUT2D eigenvalue weighted by Gasteiger charge is -2.23. The van der Waals surface area contributed by atoms with E-state index < -0.39 is 18.2 Å². The van der Waals surface area contributed by atoms with E-state index in [0.29, 0.717) is 16.8 Å². The van der Waals surface area contributed by atoms with Crippen molar-refractivity contribution in [3.05, 3.63) is 63.1 Å². The molecule has 164 valence electrons. The van der Waals surface area contributed by atoms with Gasteiger partial charge in [0.1, 0.15) is 17.4 Å². The van der Waals surface area contributed by atoms with E-state index in [4.69, 9.17) is 21.9 Å². The van der Waals surface area contributed by atoms with Crippen molar-refractivity contribution in [1.82, 2.24) is 15.0 Å². The van der Waals surface area contributed by atoms with Gasteiger partial charge in [-0.15, -0.1) is 11.3 Å². The average Bonchev–Trinajstić information content (AvgIpc) is 3.42. The molecule has 3 atom stereocenters. The van der Waals surface area contributed by atoms with Crippen LogP contribution in [0.15, 0.2) is 47.8 Å². The summed E-state index contributed by atoms with van der Waals surface area (Å²) in [4.78, 5) is 30.7. The maximum Gasteiger partial charge on any atom is 0.415 e. The Labute approximate surface area is 192 Å². The number of halogens is 1. The molecule has 1 fully saturated rings. The molecular weight excluding hydrogens is 452 g/mol. The SMILES string of the molecule is C[C@H](Nc1nccc(N2C(=O)OC[C@@H]2[C@@H](C)N=[N+]=[N-])n1)c1cnc(-c2ccc(Cl)cc2)s1. The molecule has 2 aromatic heterocycles. The number of rotatable bonds is 7. The number of amides is 1. The summed E-state index contributed by atoms with van der Waals surface area (Å²) in [5.74, 6) is 0.722. The molecule has 3 aromatic rings. The fourth-order valence-electron chi connectivity index (χ4n) is 3.24. The number of aromatic nitrogens is 3. The summed E-state index contributed by atoms with van der Waals surface area (Å²) in [5.41, 5.74) is 9.72. The standard InChI is InChI=1S/C20H19ClN8O2S/c1-11(27-28-22)15-10-31-20(30)29(15)17-7-8-23-19(26-17)25-12(2)16-9-24-18(32-16)13-3-5-14(21)6-4-13/h3-9,11-12,15H,10H2,1-2H3,(H,23,25,26)/t11-,12+,15-/m1/s1. The Kier molecular flexibility index (Phi) is 6.40. The second-order valence-electron chi connectivity index (χ2n) is 7.14. The second-order valence-corrected chi connectivity index (χ2v) is 8.64. The molecule has 32 heavy (non-hydrogen) atoms. The molecule has 0 saturated carbocycles. The molecule has 1 aliphatic heterocycles. The van der Waals surface area contributed by atoms with Crippen LogP contribution in [0, 0.1) is 0 Å². The molecule has 0 spiro atoms. The van der Waals surface area contributed by atoms with E-state index >= 15 is 0 Å². The number of thiazole rings is 1. The van der Waals surface area contributed by atoms with E-state index in [1.54, 1.807) is 30.5 Å². The van der Waals surface area contributed by atoms with Gasteiger partial charge in [-0.3, -0.25) is 4.90 Å². The van der Waals surface area contributed by atoms with Crippen LogP contribution in [0.3, 0.4) is 0 Å². The first-order valence-corrected chi connectivity index (χ1v) is 11.0. The van der Waals surface area contributed by atoms with Crippen molar-refractivity contribution in [1.29, 1.82) is 0 Å². The van der Waals surface area contributed by atoms with Crippen LogP contribution >= 0.6 is 22.9 Å². The molecule has 4 rings (SSSR count). The average molecular weight is 471 g/mol. The normalized spacial score (nSPS) is 17.4. The van der Waals surface area contributed by atoms with Crippen LogP contribution in [-0.4, -0.2) is 39.7 Å². The third-order valence-electron chi connectivity index (χ3n) is 4.97. The van der Waals surface area contributed by atoms with Gasteiger partial charge in [0.2, 0.25) is 5.95 Å². The first kappa shape index (κ1) is 21.8. The summed E-state index contributed by atoms with van der Waals surface area (Å²) >= 11 is 7.52. The fraction of sp³-hybridized carbons (Fsp3) is 0.300. The van der Waals surface area contributed by atoms with Gasteiger partial charge >= 0.3 is 6.09 Å². The van der Waals surface area contributed by atoms with Gasteiger partial charge in [0.15, 0.2) is 0 Å². The zero-order chi connectivity index (χ0) is 22.7. The largest absolute Gasteiger partial charge is 0.447 e. The predicted molar refractivity (Wildman–Crippen MR) is 123 cm³/mol. The molecule has 0 bridgehead atoms. The molecular formula is C20H19ClN8O2S. The van der Waals surface area contributed by atoms with Crippen molar-refractivity contribution in [2.45, 2.75) is 32.0 Å². The van der Waals surface area contributed by atoms with Crippen LogP contribution in [-0.2, 0) is 4.74 Å². The number of nitrogens with zero attached hydrogens (tertiary/aromatic N) is 7. The number of carbonyl (C=O) groups is 1. The Balaban J connectivity index is 1.51. The Hall–Kier alpha value is -3.40. The van der Waals surface area contributed by atoms with E-state index in [0.717, 1.165) is 15.4 Å². The third-order valence-corrected chi connectivity index (χ3v) is 6.45. The van der Waals surface area contributed by atoms with E-state index in [1.165, 1.54) is 4.90 Å². The first-order chi connectivity index (χ1) is 15.5. The van der Waals surface area contributed by atoms with Crippen LogP contribution in [0.5, 0.6) is 0 Å². The van der Waals surface area contributed by atoms with Gasteiger partial charge in [-0.05, 0) is 30.7 Å². The van der Waals surface area contributed by atoms with E-state index in [-0.39, 0.29) is 12.6 Å². The molecule has 0 radical (unpaired) electrons. The van der Waals surface area contributed by atoms with Crippen molar-refractivity contribution < 1.29 is 9.53 Å². The monoisotopic (exact) mass is 470 g/mol. The van der Waals surface area contributed by atoms with Crippen molar-refractivity contribution in [3.8, 4) is 10.6 Å². The summed E-state index contributed by atoms with van der Waals surface area (Å²) in [7, 11) is 0. The molecule has 1 amide bonds. The highest BCUT2D eigenvalue weighted by Gasteiger charge is 2.38. The molecule has 3 heterocycles. The number of benzene rings is 1. The lowest BCUT2D eigenvalue weighted by molar-refractivity contribution is 0.178.